The molecular weight excluding hydrogens is 284 g/mol. The van der Waals surface area contributed by atoms with Gasteiger partial charge in [-0.25, -0.2) is 0 Å². The number of amides is 1. The van der Waals surface area contributed by atoms with Crippen LogP contribution in [-0.2, 0) is 0 Å². The molecule has 0 bridgehead atoms. The SMILES string of the molecule is N#CCCN(CCC#N)C(=O)c1cc(Br)c[nH]1. The second-order valence-corrected chi connectivity index (χ2v) is 4.26. The van der Waals surface area contributed by atoms with Gasteiger partial charge >= 0.3 is 0 Å². The van der Waals surface area contributed by atoms with Crippen molar-refractivity contribution in [2.24, 2.45) is 0 Å². The first-order chi connectivity index (χ1) is 8.19. The van der Waals surface area contributed by atoms with E-state index in [-0.39, 0.29) is 18.7 Å². The molecule has 0 aliphatic rings. The van der Waals surface area contributed by atoms with E-state index in [0.29, 0.717) is 18.8 Å². The lowest BCUT2D eigenvalue weighted by atomic mass is 10.3. The number of H-pyrrole nitrogens is 1. The van der Waals surface area contributed by atoms with E-state index in [9.17, 15) is 4.79 Å². The molecule has 1 aromatic heterocycles. The van der Waals surface area contributed by atoms with E-state index < -0.39 is 0 Å². The Balaban J connectivity index is 2.72. The number of nitriles is 2. The molecule has 0 saturated heterocycles. The average Bonchev–Trinajstić information content (AvgIpc) is 2.75. The third kappa shape index (κ3) is 3.93. The molecule has 0 spiro atoms. The van der Waals surface area contributed by atoms with Crippen LogP contribution in [0, 0.1) is 22.7 Å². The fourth-order valence-electron chi connectivity index (χ4n) is 1.35. The lowest BCUT2D eigenvalue weighted by Gasteiger charge is -2.19. The first kappa shape index (κ1) is 13.3. The van der Waals surface area contributed by atoms with Crippen LogP contribution in [-0.4, -0.2) is 28.9 Å². The zero-order valence-corrected chi connectivity index (χ0v) is 10.7. The van der Waals surface area contributed by atoms with Gasteiger partial charge in [-0.15, -0.1) is 0 Å². The number of nitrogens with one attached hydrogen (secondary N) is 1. The highest BCUT2D eigenvalue weighted by atomic mass is 79.9. The average molecular weight is 295 g/mol. The molecule has 0 unspecified atom stereocenters. The Morgan fingerprint density at radius 3 is 2.35 bits per heavy atom. The van der Waals surface area contributed by atoms with Gasteiger partial charge < -0.3 is 9.88 Å². The van der Waals surface area contributed by atoms with Gasteiger partial charge in [0.05, 0.1) is 25.0 Å². The maximum Gasteiger partial charge on any atom is 0.270 e. The predicted octanol–water partition coefficient (Wildman–Crippen LogP) is 2.05. The van der Waals surface area contributed by atoms with E-state index in [2.05, 4.69) is 20.9 Å². The summed E-state index contributed by atoms with van der Waals surface area (Å²) in [5, 5.41) is 17.1. The van der Waals surface area contributed by atoms with E-state index in [1.807, 2.05) is 12.1 Å². The van der Waals surface area contributed by atoms with Crippen molar-refractivity contribution in [1.82, 2.24) is 9.88 Å². The molecule has 1 aromatic rings. The Kier molecular flexibility index (Phi) is 5.25. The van der Waals surface area contributed by atoms with Crippen molar-refractivity contribution < 1.29 is 4.79 Å². The van der Waals surface area contributed by atoms with Crippen molar-refractivity contribution in [1.29, 1.82) is 10.5 Å². The molecule has 0 radical (unpaired) electrons. The van der Waals surface area contributed by atoms with Crippen molar-refractivity contribution in [3.63, 3.8) is 0 Å². The maximum atomic E-state index is 12.0. The number of carbonyl (C=O) groups is 1. The first-order valence-electron chi connectivity index (χ1n) is 5.06. The van der Waals surface area contributed by atoms with Gasteiger partial charge in [0, 0.05) is 23.8 Å². The second kappa shape index (κ2) is 6.72. The highest BCUT2D eigenvalue weighted by Gasteiger charge is 2.16. The molecule has 0 atom stereocenters. The molecule has 1 amide bonds. The Hall–Kier alpha value is -1.79. The standard InChI is InChI=1S/C11H11BrN4O/c12-9-7-10(15-8-9)11(17)16(5-1-3-13)6-2-4-14/h7-8,15H,1-2,5-6H2. The number of hydrogen-bond donors (Lipinski definition) is 1. The predicted molar refractivity (Wildman–Crippen MR) is 64.9 cm³/mol. The van der Waals surface area contributed by atoms with E-state index in [1.54, 1.807) is 12.3 Å². The minimum Gasteiger partial charge on any atom is -0.356 e. The number of nitrogens with zero attached hydrogens (tertiary/aromatic N) is 3. The van der Waals surface area contributed by atoms with Gasteiger partial charge in [-0.1, -0.05) is 0 Å². The summed E-state index contributed by atoms with van der Waals surface area (Å²) >= 11 is 3.25. The van der Waals surface area contributed by atoms with Crippen LogP contribution in [0.3, 0.4) is 0 Å². The van der Waals surface area contributed by atoms with Gasteiger partial charge in [0.1, 0.15) is 5.69 Å². The maximum absolute atomic E-state index is 12.0. The molecular formula is C11H11BrN4O. The normalized spacial score (nSPS) is 9.35. The fourth-order valence-corrected chi connectivity index (χ4v) is 1.69. The van der Waals surface area contributed by atoms with Crippen molar-refractivity contribution >= 4 is 21.8 Å². The summed E-state index contributed by atoms with van der Waals surface area (Å²) in [6.07, 6.45) is 2.19. The lowest BCUT2D eigenvalue weighted by molar-refractivity contribution is 0.0757. The van der Waals surface area contributed by atoms with Gasteiger partial charge in [0.15, 0.2) is 0 Å². The molecule has 1 rings (SSSR count). The van der Waals surface area contributed by atoms with Gasteiger partial charge in [-0.3, -0.25) is 4.79 Å². The molecule has 0 aromatic carbocycles. The highest BCUT2D eigenvalue weighted by molar-refractivity contribution is 9.10. The van der Waals surface area contributed by atoms with Crippen LogP contribution in [0.2, 0.25) is 0 Å². The summed E-state index contributed by atoms with van der Waals surface area (Å²) in [5.74, 6) is -0.193. The van der Waals surface area contributed by atoms with Gasteiger partial charge in [0.2, 0.25) is 0 Å². The first-order valence-corrected chi connectivity index (χ1v) is 5.85. The highest BCUT2D eigenvalue weighted by Crippen LogP contribution is 2.12. The number of halogens is 1. The Morgan fingerprint density at radius 2 is 1.94 bits per heavy atom. The quantitative estimate of drug-likeness (QED) is 0.902. The van der Waals surface area contributed by atoms with Crippen LogP contribution >= 0.6 is 15.9 Å². The van der Waals surface area contributed by atoms with E-state index in [4.69, 9.17) is 10.5 Å². The molecule has 88 valence electrons. The van der Waals surface area contributed by atoms with Crippen molar-refractivity contribution in [3.05, 3.63) is 22.4 Å². The van der Waals surface area contributed by atoms with Crippen LogP contribution in [0.15, 0.2) is 16.7 Å². The number of aromatic nitrogens is 1. The second-order valence-electron chi connectivity index (χ2n) is 3.34. The smallest absolute Gasteiger partial charge is 0.270 e. The Labute approximate surface area is 108 Å². The van der Waals surface area contributed by atoms with Crippen molar-refractivity contribution in [3.8, 4) is 12.1 Å². The third-order valence-electron chi connectivity index (χ3n) is 2.15. The summed E-state index contributed by atoms with van der Waals surface area (Å²) in [6.45, 7) is 0.682. The van der Waals surface area contributed by atoms with Gasteiger partial charge in [-0.2, -0.15) is 10.5 Å². The number of rotatable bonds is 5. The number of aromatic amines is 1. The molecule has 0 aliphatic heterocycles. The van der Waals surface area contributed by atoms with Crippen LogP contribution < -0.4 is 0 Å². The minimum absolute atomic E-state index is 0.193. The monoisotopic (exact) mass is 294 g/mol. The van der Waals surface area contributed by atoms with E-state index in [1.165, 1.54) is 4.90 Å². The molecule has 1 heterocycles. The third-order valence-corrected chi connectivity index (χ3v) is 2.61. The zero-order chi connectivity index (χ0) is 12.7. The van der Waals surface area contributed by atoms with Crippen LogP contribution in [0.5, 0.6) is 0 Å². The summed E-state index contributed by atoms with van der Waals surface area (Å²) in [4.78, 5) is 16.4. The van der Waals surface area contributed by atoms with Gasteiger partial charge in [0.25, 0.3) is 5.91 Å². The molecule has 5 nitrogen and oxygen atoms in total. The lowest BCUT2D eigenvalue weighted by Crippen LogP contribution is -2.32. The molecule has 0 saturated carbocycles. The van der Waals surface area contributed by atoms with E-state index >= 15 is 0 Å². The number of hydrogen-bond acceptors (Lipinski definition) is 3. The zero-order valence-electron chi connectivity index (χ0n) is 9.11. The number of carbonyl (C=O) groups excluding carboxylic acids is 1. The minimum atomic E-state index is -0.193. The van der Waals surface area contributed by atoms with Gasteiger partial charge in [-0.05, 0) is 22.0 Å². The summed E-state index contributed by atoms with van der Waals surface area (Å²) in [7, 11) is 0. The largest absolute Gasteiger partial charge is 0.356 e. The molecule has 17 heavy (non-hydrogen) atoms. The van der Waals surface area contributed by atoms with Crippen LogP contribution in [0.4, 0.5) is 0 Å². The molecule has 6 heteroatoms. The van der Waals surface area contributed by atoms with Crippen molar-refractivity contribution in [2.75, 3.05) is 13.1 Å². The summed E-state index contributed by atoms with van der Waals surface area (Å²) < 4.78 is 0.793. The fraction of sp³-hybridized carbons (Fsp3) is 0.364. The molecule has 0 aliphatic carbocycles. The van der Waals surface area contributed by atoms with Crippen LogP contribution in [0.1, 0.15) is 23.3 Å². The molecule has 0 fully saturated rings. The van der Waals surface area contributed by atoms with Crippen molar-refractivity contribution in [2.45, 2.75) is 12.8 Å². The molecule has 1 N–H and O–H groups in total. The Morgan fingerprint density at radius 1 is 1.35 bits per heavy atom. The van der Waals surface area contributed by atoms with E-state index in [0.717, 1.165) is 4.47 Å². The Bertz CT molecular complexity index is 451. The van der Waals surface area contributed by atoms with Crippen LogP contribution in [0.25, 0.3) is 0 Å². The summed E-state index contributed by atoms with van der Waals surface area (Å²) in [6, 6.07) is 5.65. The summed E-state index contributed by atoms with van der Waals surface area (Å²) in [5.41, 5.74) is 0.452. The topological polar surface area (TPSA) is 83.7 Å².